The highest BCUT2D eigenvalue weighted by Crippen LogP contribution is 2.06. The highest BCUT2D eigenvalue weighted by atomic mass is 19.3. The van der Waals surface area contributed by atoms with Crippen LogP contribution in [0, 0.1) is 0 Å². The number of rotatable bonds is 6. The molecule has 1 aliphatic rings. The number of ether oxygens (including phenoxy) is 1. The van der Waals surface area contributed by atoms with Crippen LogP contribution in [0.4, 0.5) is 8.78 Å². The Bertz CT molecular complexity index is 141. The van der Waals surface area contributed by atoms with Crippen molar-refractivity contribution in [1.29, 1.82) is 0 Å². The van der Waals surface area contributed by atoms with Gasteiger partial charge in [-0.05, 0) is 25.9 Å². The zero-order chi connectivity index (χ0) is 10.2. The van der Waals surface area contributed by atoms with Gasteiger partial charge in [-0.25, -0.2) is 8.78 Å². The first-order chi connectivity index (χ1) is 6.79. The highest BCUT2D eigenvalue weighted by Gasteiger charge is 2.12. The SMILES string of the molecule is FC(F)CNCCOC1CCNCC1. The van der Waals surface area contributed by atoms with E-state index >= 15 is 0 Å². The molecule has 0 aromatic carbocycles. The third-order valence-electron chi connectivity index (χ3n) is 2.22. The van der Waals surface area contributed by atoms with E-state index < -0.39 is 6.43 Å². The largest absolute Gasteiger partial charge is 0.377 e. The van der Waals surface area contributed by atoms with Gasteiger partial charge in [-0.15, -0.1) is 0 Å². The molecule has 1 rings (SSSR count). The maximum absolute atomic E-state index is 11.7. The van der Waals surface area contributed by atoms with Gasteiger partial charge in [0, 0.05) is 6.54 Å². The maximum Gasteiger partial charge on any atom is 0.250 e. The molecule has 0 unspecified atom stereocenters. The quantitative estimate of drug-likeness (QED) is 0.627. The van der Waals surface area contributed by atoms with E-state index in [1.54, 1.807) is 0 Å². The fraction of sp³-hybridized carbons (Fsp3) is 1.00. The summed E-state index contributed by atoms with van der Waals surface area (Å²) in [4.78, 5) is 0. The summed E-state index contributed by atoms with van der Waals surface area (Å²) in [6.45, 7) is 2.78. The fourth-order valence-electron chi connectivity index (χ4n) is 1.47. The molecule has 14 heavy (non-hydrogen) atoms. The number of nitrogens with one attached hydrogen (secondary N) is 2. The monoisotopic (exact) mass is 208 g/mol. The second-order valence-electron chi connectivity index (χ2n) is 3.42. The van der Waals surface area contributed by atoms with E-state index in [0.717, 1.165) is 25.9 Å². The van der Waals surface area contributed by atoms with E-state index in [1.165, 1.54) is 0 Å². The van der Waals surface area contributed by atoms with Gasteiger partial charge in [0.25, 0.3) is 6.43 Å². The van der Waals surface area contributed by atoms with Crippen molar-refractivity contribution in [3.8, 4) is 0 Å². The van der Waals surface area contributed by atoms with E-state index in [1.807, 2.05) is 0 Å². The normalized spacial score (nSPS) is 19.1. The summed E-state index contributed by atoms with van der Waals surface area (Å²) < 4.78 is 28.9. The first kappa shape index (κ1) is 11.8. The zero-order valence-corrected chi connectivity index (χ0v) is 8.27. The van der Waals surface area contributed by atoms with E-state index in [0.29, 0.717) is 19.3 Å². The molecule has 5 heteroatoms. The third-order valence-corrected chi connectivity index (χ3v) is 2.22. The van der Waals surface area contributed by atoms with Crippen LogP contribution in [0.1, 0.15) is 12.8 Å². The van der Waals surface area contributed by atoms with Crippen LogP contribution in [0.25, 0.3) is 0 Å². The van der Waals surface area contributed by atoms with Crippen molar-refractivity contribution in [2.45, 2.75) is 25.4 Å². The molecular formula is C9H18F2N2O. The Hall–Kier alpha value is -0.260. The predicted molar refractivity (Wildman–Crippen MR) is 50.7 cm³/mol. The van der Waals surface area contributed by atoms with Crippen LogP contribution in [0.15, 0.2) is 0 Å². The van der Waals surface area contributed by atoms with Gasteiger partial charge in [0.1, 0.15) is 0 Å². The molecule has 2 N–H and O–H groups in total. The number of alkyl halides is 2. The van der Waals surface area contributed by atoms with Gasteiger partial charge in [0.15, 0.2) is 0 Å². The maximum atomic E-state index is 11.7. The minimum Gasteiger partial charge on any atom is -0.377 e. The number of hydrogen-bond acceptors (Lipinski definition) is 3. The average Bonchev–Trinajstić information content (AvgIpc) is 2.18. The fourth-order valence-corrected chi connectivity index (χ4v) is 1.47. The summed E-state index contributed by atoms with van der Waals surface area (Å²) >= 11 is 0. The second kappa shape index (κ2) is 7.09. The molecule has 1 heterocycles. The summed E-state index contributed by atoms with van der Waals surface area (Å²) in [6, 6.07) is 0. The molecule has 0 radical (unpaired) electrons. The van der Waals surface area contributed by atoms with Crippen molar-refractivity contribution in [3.63, 3.8) is 0 Å². The molecule has 0 saturated carbocycles. The Labute approximate surface area is 83.2 Å². The molecule has 0 spiro atoms. The van der Waals surface area contributed by atoms with Crippen molar-refractivity contribution in [2.24, 2.45) is 0 Å². The zero-order valence-electron chi connectivity index (χ0n) is 8.27. The van der Waals surface area contributed by atoms with Crippen molar-refractivity contribution in [2.75, 3.05) is 32.8 Å². The van der Waals surface area contributed by atoms with Gasteiger partial charge in [-0.1, -0.05) is 0 Å². The lowest BCUT2D eigenvalue weighted by Gasteiger charge is -2.22. The van der Waals surface area contributed by atoms with Crippen LogP contribution < -0.4 is 10.6 Å². The summed E-state index contributed by atoms with van der Waals surface area (Å²) in [6.07, 6.45) is 0.0856. The minimum absolute atomic E-state index is 0.240. The lowest BCUT2D eigenvalue weighted by molar-refractivity contribution is 0.0331. The Morgan fingerprint density at radius 1 is 1.36 bits per heavy atom. The van der Waals surface area contributed by atoms with Gasteiger partial charge in [0.05, 0.1) is 19.3 Å². The van der Waals surface area contributed by atoms with Crippen LogP contribution in [0.2, 0.25) is 0 Å². The van der Waals surface area contributed by atoms with E-state index in [9.17, 15) is 8.78 Å². The van der Waals surface area contributed by atoms with Crippen LogP contribution in [-0.4, -0.2) is 45.3 Å². The topological polar surface area (TPSA) is 33.3 Å². The molecule has 1 fully saturated rings. The van der Waals surface area contributed by atoms with Crippen molar-refractivity contribution >= 4 is 0 Å². The number of halogens is 2. The summed E-state index contributed by atoms with van der Waals surface area (Å²) in [7, 11) is 0. The standard InChI is InChI=1S/C9H18F2N2O/c10-9(11)7-13-5-6-14-8-1-3-12-4-2-8/h8-9,12-13H,1-7H2. The molecule has 1 saturated heterocycles. The van der Waals surface area contributed by atoms with Gasteiger partial charge < -0.3 is 15.4 Å². The first-order valence-electron chi connectivity index (χ1n) is 5.10. The van der Waals surface area contributed by atoms with E-state index in [2.05, 4.69) is 10.6 Å². The van der Waals surface area contributed by atoms with Crippen LogP contribution in [0.5, 0.6) is 0 Å². The van der Waals surface area contributed by atoms with Crippen molar-refractivity contribution < 1.29 is 13.5 Å². The van der Waals surface area contributed by atoms with Gasteiger partial charge in [0.2, 0.25) is 0 Å². The summed E-state index contributed by atoms with van der Waals surface area (Å²) in [5, 5.41) is 5.87. The van der Waals surface area contributed by atoms with Crippen LogP contribution >= 0.6 is 0 Å². The molecule has 0 aromatic rings. The van der Waals surface area contributed by atoms with E-state index in [4.69, 9.17) is 4.74 Å². The summed E-state index contributed by atoms with van der Waals surface area (Å²) in [5.74, 6) is 0. The molecule has 1 aliphatic heterocycles. The molecule has 0 bridgehead atoms. The molecule has 0 aliphatic carbocycles. The molecule has 3 nitrogen and oxygen atoms in total. The van der Waals surface area contributed by atoms with Gasteiger partial charge >= 0.3 is 0 Å². The Balaban J connectivity index is 1.87. The molecule has 0 atom stereocenters. The number of piperidine rings is 1. The lowest BCUT2D eigenvalue weighted by atomic mass is 10.1. The van der Waals surface area contributed by atoms with Gasteiger partial charge in [-0.2, -0.15) is 0 Å². The molecular weight excluding hydrogens is 190 g/mol. The lowest BCUT2D eigenvalue weighted by Crippen LogP contribution is -2.34. The average molecular weight is 208 g/mol. The molecule has 0 aromatic heterocycles. The predicted octanol–water partition coefficient (Wildman–Crippen LogP) is 0.610. The Morgan fingerprint density at radius 3 is 2.71 bits per heavy atom. The Kier molecular flexibility index (Phi) is 5.98. The van der Waals surface area contributed by atoms with Crippen LogP contribution in [-0.2, 0) is 4.74 Å². The van der Waals surface area contributed by atoms with Crippen LogP contribution in [0.3, 0.4) is 0 Å². The summed E-state index contributed by atoms with van der Waals surface area (Å²) in [5.41, 5.74) is 0. The molecule has 84 valence electrons. The van der Waals surface area contributed by atoms with Crippen molar-refractivity contribution in [1.82, 2.24) is 10.6 Å². The number of hydrogen-bond donors (Lipinski definition) is 2. The minimum atomic E-state index is -2.27. The third kappa shape index (κ3) is 5.47. The van der Waals surface area contributed by atoms with E-state index in [-0.39, 0.29) is 6.54 Å². The van der Waals surface area contributed by atoms with Gasteiger partial charge in [-0.3, -0.25) is 0 Å². The first-order valence-corrected chi connectivity index (χ1v) is 5.10. The smallest absolute Gasteiger partial charge is 0.250 e. The highest BCUT2D eigenvalue weighted by molar-refractivity contribution is 4.68. The Morgan fingerprint density at radius 2 is 2.07 bits per heavy atom. The second-order valence-corrected chi connectivity index (χ2v) is 3.42. The molecule has 0 amide bonds. The van der Waals surface area contributed by atoms with Crippen molar-refractivity contribution in [3.05, 3.63) is 0 Å².